The number of piperazine rings is 1. The van der Waals surface area contributed by atoms with Crippen molar-refractivity contribution in [3.63, 3.8) is 0 Å². The summed E-state index contributed by atoms with van der Waals surface area (Å²) < 4.78 is 15.1. The molecule has 3 aromatic rings. The molecule has 2 heterocycles. The van der Waals surface area contributed by atoms with Crippen LogP contribution in [0.3, 0.4) is 0 Å². The number of tetrazole rings is 1. The van der Waals surface area contributed by atoms with E-state index >= 15 is 0 Å². The molecule has 0 aliphatic carbocycles. The molecule has 1 aliphatic heterocycles. The lowest BCUT2D eigenvalue weighted by Crippen LogP contribution is -2.48. The number of nitrogens with zero attached hydrogens (tertiary/aromatic N) is 6. The van der Waals surface area contributed by atoms with Gasteiger partial charge >= 0.3 is 0 Å². The Morgan fingerprint density at radius 3 is 2.19 bits per heavy atom. The Balaban J connectivity index is 0.00000289. The Labute approximate surface area is 195 Å². The van der Waals surface area contributed by atoms with Crippen LogP contribution in [0.1, 0.15) is 43.3 Å². The number of halogens is 2. The Morgan fingerprint density at radius 2 is 1.53 bits per heavy atom. The summed E-state index contributed by atoms with van der Waals surface area (Å²) in [7, 11) is 0. The average Bonchev–Trinajstić information content (AvgIpc) is 3.23. The summed E-state index contributed by atoms with van der Waals surface area (Å²) in [5.41, 5.74) is 2.35. The number of aromatic nitrogens is 4. The van der Waals surface area contributed by atoms with Gasteiger partial charge in [-0.3, -0.25) is 9.80 Å². The lowest BCUT2D eigenvalue weighted by molar-refractivity contribution is 0.0770. The molecule has 172 valence electrons. The Morgan fingerprint density at radius 1 is 0.875 bits per heavy atom. The molecule has 4 rings (SSSR count). The van der Waals surface area contributed by atoms with Crippen LogP contribution in [0, 0.1) is 11.7 Å². The normalized spacial score (nSPS) is 16.1. The highest BCUT2D eigenvalue weighted by atomic mass is 35.5. The molecule has 0 bridgehead atoms. The van der Waals surface area contributed by atoms with Crippen LogP contribution in [0.15, 0.2) is 54.6 Å². The average molecular weight is 459 g/mol. The molecule has 8 heteroatoms. The third kappa shape index (κ3) is 6.34. The molecule has 0 radical (unpaired) electrons. The maximum atomic E-state index is 13.3. The fraction of sp³-hybridized carbons (Fsp3) is 0.458. The first-order valence-electron chi connectivity index (χ1n) is 11.1. The van der Waals surface area contributed by atoms with Crippen molar-refractivity contribution in [2.45, 2.75) is 39.4 Å². The number of hydrogen-bond donors (Lipinski definition) is 0. The van der Waals surface area contributed by atoms with Crippen LogP contribution in [0.25, 0.3) is 0 Å². The summed E-state index contributed by atoms with van der Waals surface area (Å²) in [5, 5.41) is 12.7. The lowest BCUT2D eigenvalue weighted by Gasteiger charge is -2.39. The van der Waals surface area contributed by atoms with Gasteiger partial charge in [0.2, 0.25) is 0 Å². The minimum Gasteiger partial charge on any atom is -0.297 e. The van der Waals surface area contributed by atoms with Crippen molar-refractivity contribution in [3.8, 4) is 0 Å². The number of hydrogen-bond acceptors (Lipinski definition) is 5. The first kappa shape index (κ1) is 24.3. The van der Waals surface area contributed by atoms with Crippen molar-refractivity contribution in [2.75, 3.05) is 26.2 Å². The molecule has 0 amide bonds. The van der Waals surface area contributed by atoms with E-state index < -0.39 is 0 Å². The van der Waals surface area contributed by atoms with Gasteiger partial charge in [-0.1, -0.05) is 56.3 Å². The third-order valence-corrected chi connectivity index (χ3v) is 5.89. The molecule has 1 aromatic heterocycles. The minimum absolute atomic E-state index is 0. The third-order valence-electron chi connectivity index (χ3n) is 5.89. The summed E-state index contributed by atoms with van der Waals surface area (Å²) >= 11 is 0. The largest absolute Gasteiger partial charge is 0.297 e. The molecule has 1 unspecified atom stereocenters. The van der Waals surface area contributed by atoms with E-state index in [0.717, 1.165) is 50.5 Å². The zero-order chi connectivity index (χ0) is 21.6. The van der Waals surface area contributed by atoms with Gasteiger partial charge in [0.1, 0.15) is 5.82 Å². The molecule has 6 nitrogen and oxygen atoms in total. The van der Waals surface area contributed by atoms with E-state index in [2.05, 4.69) is 69.5 Å². The maximum Gasteiger partial charge on any atom is 0.168 e. The van der Waals surface area contributed by atoms with Gasteiger partial charge in [-0.05, 0) is 46.0 Å². The van der Waals surface area contributed by atoms with Crippen molar-refractivity contribution in [2.24, 2.45) is 5.92 Å². The summed E-state index contributed by atoms with van der Waals surface area (Å²) in [6, 6.07) is 17.4. The highest BCUT2D eigenvalue weighted by molar-refractivity contribution is 5.85. The van der Waals surface area contributed by atoms with Crippen molar-refractivity contribution in [1.29, 1.82) is 0 Å². The van der Waals surface area contributed by atoms with Crippen LogP contribution in [0.2, 0.25) is 0 Å². The molecule has 0 N–H and O–H groups in total. The van der Waals surface area contributed by atoms with Crippen LogP contribution >= 0.6 is 12.4 Å². The van der Waals surface area contributed by atoms with E-state index in [0.29, 0.717) is 12.5 Å². The van der Waals surface area contributed by atoms with Gasteiger partial charge in [0, 0.05) is 32.7 Å². The van der Waals surface area contributed by atoms with E-state index in [1.807, 2.05) is 4.68 Å². The number of benzene rings is 2. The van der Waals surface area contributed by atoms with Gasteiger partial charge in [-0.15, -0.1) is 17.5 Å². The lowest BCUT2D eigenvalue weighted by atomic mass is 10.0. The molecule has 2 aromatic carbocycles. The topological polar surface area (TPSA) is 50.1 Å². The first-order chi connectivity index (χ1) is 15.1. The molecule has 1 saturated heterocycles. The Bertz CT molecular complexity index is 939. The monoisotopic (exact) mass is 458 g/mol. The van der Waals surface area contributed by atoms with Gasteiger partial charge in [0.25, 0.3) is 0 Å². The van der Waals surface area contributed by atoms with Gasteiger partial charge in [-0.25, -0.2) is 9.07 Å². The van der Waals surface area contributed by atoms with Crippen LogP contribution in [-0.2, 0) is 13.1 Å². The highest BCUT2D eigenvalue weighted by Crippen LogP contribution is 2.28. The molecule has 1 fully saturated rings. The van der Waals surface area contributed by atoms with Crippen LogP contribution < -0.4 is 0 Å². The van der Waals surface area contributed by atoms with Crippen molar-refractivity contribution in [1.82, 2.24) is 30.0 Å². The second-order valence-corrected chi connectivity index (χ2v) is 8.76. The zero-order valence-electron chi connectivity index (χ0n) is 18.8. The fourth-order valence-electron chi connectivity index (χ4n) is 4.26. The van der Waals surface area contributed by atoms with Gasteiger partial charge in [0.15, 0.2) is 5.82 Å². The number of rotatable bonds is 8. The predicted octanol–water partition coefficient (Wildman–Crippen LogP) is 4.19. The summed E-state index contributed by atoms with van der Waals surface area (Å²) in [6.07, 6.45) is 1.00. The molecule has 1 aliphatic rings. The summed E-state index contributed by atoms with van der Waals surface area (Å²) in [6.45, 7) is 10.1. The van der Waals surface area contributed by atoms with Gasteiger partial charge in [-0.2, -0.15) is 0 Å². The SMILES string of the molecule is CC(C)CC(c1nnnn1Cc1ccc(F)cc1)N1CCN(Cc2ccccc2)CC1.Cl. The molecule has 0 saturated carbocycles. The zero-order valence-corrected chi connectivity index (χ0v) is 19.6. The second kappa shape index (κ2) is 11.5. The molecule has 1 atom stereocenters. The molecular formula is C24H32ClFN6. The van der Waals surface area contributed by atoms with E-state index in [-0.39, 0.29) is 24.3 Å². The standard InChI is InChI=1S/C24H31FN6.ClH/c1-19(2)16-23(24-26-27-28-31(24)18-21-8-10-22(25)11-9-21)30-14-12-29(13-15-30)17-20-6-4-3-5-7-20;/h3-11,19,23H,12-18H2,1-2H3;1H. The molecule has 32 heavy (non-hydrogen) atoms. The Hall–Kier alpha value is -2.35. The second-order valence-electron chi connectivity index (χ2n) is 8.76. The van der Waals surface area contributed by atoms with Gasteiger partial charge < -0.3 is 0 Å². The molecular weight excluding hydrogens is 427 g/mol. The maximum absolute atomic E-state index is 13.3. The molecule has 0 spiro atoms. The highest BCUT2D eigenvalue weighted by Gasteiger charge is 2.29. The van der Waals surface area contributed by atoms with Crippen molar-refractivity contribution >= 4 is 12.4 Å². The predicted molar refractivity (Wildman–Crippen MR) is 126 cm³/mol. The van der Waals surface area contributed by atoms with Crippen LogP contribution in [0.5, 0.6) is 0 Å². The summed E-state index contributed by atoms with van der Waals surface area (Å²) in [4.78, 5) is 5.04. The van der Waals surface area contributed by atoms with E-state index in [9.17, 15) is 4.39 Å². The quantitative estimate of drug-likeness (QED) is 0.506. The van der Waals surface area contributed by atoms with Crippen molar-refractivity contribution in [3.05, 3.63) is 77.4 Å². The van der Waals surface area contributed by atoms with E-state index in [1.165, 1.54) is 17.7 Å². The minimum atomic E-state index is -0.230. The van der Waals surface area contributed by atoms with E-state index in [1.54, 1.807) is 12.1 Å². The fourth-order valence-corrected chi connectivity index (χ4v) is 4.26. The smallest absolute Gasteiger partial charge is 0.168 e. The summed E-state index contributed by atoms with van der Waals surface area (Å²) in [5.74, 6) is 1.20. The van der Waals surface area contributed by atoms with E-state index in [4.69, 9.17) is 0 Å². The van der Waals surface area contributed by atoms with Crippen LogP contribution in [-0.4, -0.2) is 56.2 Å². The van der Waals surface area contributed by atoms with Crippen molar-refractivity contribution < 1.29 is 4.39 Å². The first-order valence-corrected chi connectivity index (χ1v) is 11.1. The van der Waals surface area contributed by atoms with Gasteiger partial charge in [0.05, 0.1) is 12.6 Å². The Kier molecular flexibility index (Phi) is 8.73. The van der Waals surface area contributed by atoms with Crippen LogP contribution in [0.4, 0.5) is 4.39 Å².